The summed E-state index contributed by atoms with van der Waals surface area (Å²) in [6.07, 6.45) is 13.7. The maximum atomic E-state index is 12.8. The lowest BCUT2D eigenvalue weighted by molar-refractivity contribution is -0.112. The second-order valence-corrected chi connectivity index (χ2v) is 7.15. The third-order valence-electron chi connectivity index (χ3n) is 4.88. The number of hydrogen-bond acceptors (Lipinski definition) is 3. The summed E-state index contributed by atoms with van der Waals surface area (Å²) in [5.74, 6) is 0.674. The first-order valence-corrected chi connectivity index (χ1v) is 10.1. The van der Waals surface area contributed by atoms with Crippen molar-refractivity contribution in [2.24, 2.45) is 10.9 Å². The molecule has 1 aromatic carbocycles. The summed E-state index contributed by atoms with van der Waals surface area (Å²) in [6, 6.07) is 11.7. The summed E-state index contributed by atoms with van der Waals surface area (Å²) in [5.41, 5.74) is 3.49. The zero-order valence-corrected chi connectivity index (χ0v) is 17.1. The van der Waals surface area contributed by atoms with Gasteiger partial charge >= 0.3 is 0 Å². The lowest BCUT2D eigenvalue weighted by Crippen LogP contribution is -2.13. The summed E-state index contributed by atoms with van der Waals surface area (Å²) in [5, 5.41) is 10.1. The lowest BCUT2D eigenvalue weighted by Gasteiger charge is -2.09. The number of rotatable bonds is 7. The van der Waals surface area contributed by atoms with Gasteiger partial charge in [0, 0.05) is 23.6 Å². The molecule has 3 rings (SSSR count). The summed E-state index contributed by atoms with van der Waals surface area (Å²) in [6.45, 7) is 4.18. The van der Waals surface area contributed by atoms with E-state index in [1.165, 1.54) is 0 Å². The van der Waals surface area contributed by atoms with Crippen LogP contribution in [0.1, 0.15) is 39.5 Å². The van der Waals surface area contributed by atoms with Gasteiger partial charge in [-0.25, -0.2) is 0 Å². The first kappa shape index (κ1) is 20.5. The van der Waals surface area contributed by atoms with Crippen LogP contribution in [-0.2, 0) is 4.79 Å². The normalized spacial score (nSPS) is 17.2. The fourth-order valence-corrected chi connectivity index (χ4v) is 3.17. The molecule has 1 atom stereocenters. The van der Waals surface area contributed by atoms with Gasteiger partial charge in [0.2, 0.25) is 0 Å². The van der Waals surface area contributed by atoms with Gasteiger partial charge in [-0.05, 0) is 50.2 Å². The molecule has 0 fully saturated rings. The van der Waals surface area contributed by atoms with Crippen molar-refractivity contribution in [2.75, 3.05) is 5.32 Å². The fraction of sp³-hybridized carbons (Fsp3) is 0.292. The van der Waals surface area contributed by atoms with E-state index in [9.17, 15) is 4.79 Å². The predicted octanol–water partition coefficient (Wildman–Crippen LogP) is 5.68. The SMILES string of the molecule is C/C=C\CCC=NC1=CC(C(=O)Nc2cc(-c3ccccc3)[nH]n2)=CCCC1C. The Morgan fingerprint density at radius 3 is 2.93 bits per heavy atom. The van der Waals surface area contributed by atoms with Gasteiger partial charge in [-0.2, -0.15) is 5.10 Å². The van der Waals surface area contributed by atoms with Crippen molar-refractivity contribution in [1.29, 1.82) is 0 Å². The van der Waals surface area contributed by atoms with Crippen LogP contribution < -0.4 is 5.32 Å². The largest absolute Gasteiger partial charge is 0.305 e. The Morgan fingerprint density at radius 2 is 2.14 bits per heavy atom. The van der Waals surface area contributed by atoms with Crippen molar-refractivity contribution in [3.63, 3.8) is 0 Å². The Hall–Kier alpha value is -3.21. The lowest BCUT2D eigenvalue weighted by atomic mass is 10.0. The molecule has 0 radical (unpaired) electrons. The molecule has 1 aliphatic rings. The van der Waals surface area contributed by atoms with E-state index in [1.54, 1.807) is 0 Å². The first-order valence-electron chi connectivity index (χ1n) is 10.1. The van der Waals surface area contributed by atoms with Crippen molar-refractivity contribution in [3.05, 3.63) is 72.0 Å². The molecule has 150 valence electrons. The maximum absolute atomic E-state index is 12.8. The zero-order chi connectivity index (χ0) is 20.5. The number of allylic oxidation sites excluding steroid dienone is 4. The van der Waals surface area contributed by atoms with Gasteiger partial charge in [0.1, 0.15) is 0 Å². The van der Waals surface area contributed by atoms with Crippen molar-refractivity contribution in [2.45, 2.75) is 39.5 Å². The highest BCUT2D eigenvalue weighted by Crippen LogP contribution is 2.25. The van der Waals surface area contributed by atoms with E-state index in [0.29, 0.717) is 17.3 Å². The van der Waals surface area contributed by atoms with Gasteiger partial charge in [-0.1, -0.05) is 55.5 Å². The number of aromatic amines is 1. The number of unbranched alkanes of at least 4 members (excludes halogenated alkanes) is 1. The minimum Gasteiger partial charge on any atom is -0.305 e. The quantitative estimate of drug-likeness (QED) is 0.364. The highest BCUT2D eigenvalue weighted by Gasteiger charge is 2.17. The summed E-state index contributed by atoms with van der Waals surface area (Å²) in [4.78, 5) is 17.4. The van der Waals surface area contributed by atoms with Crippen LogP contribution in [0, 0.1) is 5.92 Å². The number of aliphatic imine (C=N–C) groups is 1. The van der Waals surface area contributed by atoms with Crippen LogP contribution in [0.3, 0.4) is 0 Å². The summed E-state index contributed by atoms with van der Waals surface area (Å²) < 4.78 is 0. The van der Waals surface area contributed by atoms with Gasteiger partial charge < -0.3 is 5.32 Å². The van der Waals surface area contributed by atoms with E-state index in [-0.39, 0.29) is 5.91 Å². The molecule has 0 saturated heterocycles. The van der Waals surface area contributed by atoms with Crippen LogP contribution in [0.5, 0.6) is 0 Å². The minimum absolute atomic E-state index is 0.160. The van der Waals surface area contributed by atoms with Crippen molar-refractivity contribution in [3.8, 4) is 11.3 Å². The number of benzene rings is 1. The highest BCUT2D eigenvalue weighted by molar-refractivity contribution is 6.05. The standard InChI is InChI=1S/C24H28N4O/c1-3-4-5-9-15-25-21-16-20(14-10-11-18(21)2)24(29)26-23-17-22(27-28-23)19-12-7-6-8-13-19/h3-4,6-8,12-18H,5,9-11H2,1-2H3,(H2,26,27,28,29)/b4-3-,25-15?. The number of anilines is 1. The van der Waals surface area contributed by atoms with E-state index < -0.39 is 0 Å². The second-order valence-electron chi connectivity index (χ2n) is 7.15. The Labute approximate surface area is 172 Å². The predicted molar refractivity (Wildman–Crippen MR) is 120 cm³/mol. The molecule has 5 nitrogen and oxygen atoms in total. The fourth-order valence-electron chi connectivity index (χ4n) is 3.17. The van der Waals surface area contributed by atoms with E-state index in [1.807, 2.05) is 67.8 Å². The zero-order valence-electron chi connectivity index (χ0n) is 17.1. The monoisotopic (exact) mass is 388 g/mol. The number of nitrogens with zero attached hydrogens (tertiary/aromatic N) is 2. The molecule has 5 heteroatoms. The van der Waals surface area contributed by atoms with E-state index in [4.69, 9.17) is 0 Å². The molecule has 2 aromatic rings. The Morgan fingerprint density at radius 1 is 1.31 bits per heavy atom. The molecule has 1 aromatic heterocycles. The van der Waals surface area contributed by atoms with E-state index in [2.05, 4.69) is 33.5 Å². The number of hydrogen-bond donors (Lipinski definition) is 2. The molecule has 1 unspecified atom stereocenters. The number of carbonyl (C=O) groups is 1. The average molecular weight is 389 g/mol. The number of aromatic nitrogens is 2. The Balaban J connectivity index is 1.69. The molecule has 0 spiro atoms. The first-order chi connectivity index (χ1) is 14.2. The van der Waals surface area contributed by atoms with Crippen LogP contribution in [0.15, 0.2) is 77.0 Å². The highest BCUT2D eigenvalue weighted by atomic mass is 16.1. The van der Waals surface area contributed by atoms with Crippen molar-refractivity contribution < 1.29 is 4.79 Å². The van der Waals surface area contributed by atoms with E-state index in [0.717, 1.165) is 42.6 Å². The average Bonchev–Trinajstić information content (AvgIpc) is 3.12. The maximum Gasteiger partial charge on any atom is 0.256 e. The van der Waals surface area contributed by atoms with Crippen LogP contribution in [-0.4, -0.2) is 22.3 Å². The molecule has 1 heterocycles. The number of carbonyl (C=O) groups excluding carboxylic acids is 1. The third kappa shape index (κ3) is 5.88. The van der Waals surface area contributed by atoms with Crippen molar-refractivity contribution in [1.82, 2.24) is 10.2 Å². The van der Waals surface area contributed by atoms with Crippen LogP contribution in [0.25, 0.3) is 11.3 Å². The summed E-state index contributed by atoms with van der Waals surface area (Å²) in [7, 11) is 0. The molecule has 0 saturated carbocycles. The molecule has 2 N–H and O–H groups in total. The molecule has 29 heavy (non-hydrogen) atoms. The molecule has 0 bridgehead atoms. The molecular formula is C24H28N4O. The van der Waals surface area contributed by atoms with Gasteiger partial charge in [-0.3, -0.25) is 14.9 Å². The number of amides is 1. The van der Waals surface area contributed by atoms with Gasteiger partial charge in [0.05, 0.1) is 5.69 Å². The molecule has 0 aliphatic heterocycles. The minimum atomic E-state index is -0.160. The van der Waals surface area contributed by atoms with E-state index >= 15 is 0 Å². The van der Waals surface area contributed by atoms with Crippen LogP contribution in [0.4, 0.5) is 5.82 Å². The molecule has 1 amide bonds. The molecule has 1 aliphatic carbocycles. The second kappa shape index (κ2) is 10.4. The van der Waals surface area contributed by atoms with Crippen molar-refractivity contribution >= 4 is 17.9 Å². The van der Waals surface area contributed by atoms with Gasteiger partial charge in [-0.15, -0.1) is 0 Å². The Bertz CT molecular complexity index is 935. The molecular weight excluding hydrogens is 360 g/mol. The summed E-state index contributed by atoms with van der Waals surface area (Å²) >= 11 is 0. The third-order valence-corrected chi connectivity index (χ3v) is 4.88. The smallest absolute Gasteiger partial charge is 0.256 e. The van der Waals surface area contributed by atoms with Gasteiger partial charge in [0.25, 0.3) is 5.91 Å². The van der Waals surface area contributed by atoms with Crippen LogP contribution >= 0.6 is 0 Å². The van der Waals surface area contributed by atoms with Crippen LogP contribution in [0.2, 0.25) is 0 Å². The Kier molecular flexibility index (Phi) is 7.34. The topological polar surface area (TPSA) is 70.1 Å². The number of H-pyrrole nitrogens is 1. The number of nitrogens with one attached hydrogen (secondary N) is 2. The van der Waals surface area contributed by atoms with Gasteiger partial charge in [0.15, 0.2) is 5.82 Å².